The van der Waals surface area contributed by atoms with Gasteiger partial charge < -0.3 is 0 Å². The number of hydrogen-bond acceptors (Lipinski definition) is 5. The van der Waals surface area contributed by atoms with Gasteiger partial charge in [-0.05, 0) is 30.8 Å². The Morgan fingerprint density at radius 3 is 2.69 bits per heavy atom. The van der Waals surface area contributed by atoms with Crippen LogP contribution in [-0.2, 0) is 18.5 Å². The van der Waals surface area contributed by atoms with E-state index in [0.29, 0.717) is 5.69 Å². The molecule has 3 aromatic rings. The van der Waals surface area contributed by atoms with Gasteiger partial charge in [0.2, 0.25) is 0 Å². The summed E-state index contributed by atoms with van der Waals surface area (Å²) in [6.45, 7) is 3.74. The molecule has 1 atom stereocenters. The van der Waals surface area contributed by atoms with Gasteiger partial charge in [-0.15, -0.1) is 21.5 Å². The Morgan fingerprint density at radius 2 is 1.88 bits per heavy atom. The fourth-order valence-electron chi connectivity index (χ4n) is 4.34. The zero-order valence-electron chi connectivity index (χ0n) is 14.5. The molecule has 2 aliphatic rings. The van der Waals surface area contributed by atoms with Crippen molar-refractivity contribution in [3.05, 3.63) is 68.9 Å². The SMILES string of the molecule is O=c1c(-c2ccccc2)nnc2n1CC[C@]21CCN(Cc2cccs2)C1. The highest BCUT2D eigenvalue weighted by Gasteiger charge is 2.46. The molecule has 0 N–H and O–H groups in total. The third-order valence-corrected chi connectivity index (χ3v) is 6.54. The minimum absolute atomic E-state index is 0.00483. The Bertz CT molecular complexity index is 983. The van der Waals surface area contributed by atoms with E-state index in [1.807, 2.05) is 34.9 Å². The number of fused-ring (bicyclic) bond motifs is 2. The average Bonchev–Trinajstić information content (AvgIpc) is 3.40. The third-order valence-electron chi connectivity index (χ3n) is 5.68. The Hall–Kier alpha value is -2.31. The standard InChI is InChI=1S/C20H20N4OS/c25-18-17(15-5-2-1-3-6-15)21-22-19-20(9-11-24(18)19)8-10-23(14-20)13-16-7-4-12-26-16/h1-7,12H,8-11,13-14H2/t20-/m0/s1. The lowest BCUT2D eigenvalue weighted by molar-refractivity contribution is 0.301. The van der Waals surface area contributed by atoms with E-state index in [1.54, 1.807) is 11.3 Å². The molecule has 6 heteroatoms. The highest BCUT2D eigenvalue weighted by atomic mass is 32.1. The minimum Gasteiger partial charge on any atom is -0.297 e. The summed E-state index contributed by atoms with van der Waals surface area (Å²) in [5, 5.41) is 11.0. The maximum absolute atomic E-state index is 13.0. The van der Waals surface area contributed by atoms with Crippen LogP contribution in [0.5, 0.6) is 0 Å². The molecule has 0 saturated carbocycles. The molecule has 0 aliphatic carbocycles. The maximum Gasteiger partial charge on any atom is 0.280 e. The molecule has 26 heavy (non-hydrogen) atoms. The summed E-state index contributed by atoms with van der Waals surface area (Å²) >= 11 is 1.80. The van der Waals surface area contributed by atoms with Crippen molar-refractivity contribution in [3.8, 4) is 11.3 Å². The predicted octanol–water partition coefficient (Wildman–Crippen LogP) is 2.91. The number of aromatic nitrogens is 3. The molecule has 0 bridgehead atoms. The lowest BCUT2D eigenvalue weighted by atomic mass is 9.85. The van der Waals surface area contributed by atoms with Crippen LogP contribution in [0.1, 0.15) is 23.5 Å². The largest absolute Gasteiger partial charge is 0.297 e. The van der Waals surface area contributed by atoms with Gasteiger partial charge in [-0.2, -0.15) is 0 Å². The van der Waals surface area contributed by atoms with E-state index in [0.717, 1.165) is 50.4 Å². The molecule has 1 saturated heterocycles. The number of rotatable bonds is 3. The number of thiophene rings is 1. The molecule has 132 valence electrons. The van der Waals surface area contributed by atoms with Crippen molar-refractivity contribution in [1.82, 2.24) is 19.7 Å². The molecule has 0 unspecified atom stereocenters. The van der Waals surface area contributed by atoms with Crippen molar-refractivity contribution in [2.75, 3.05) is 13.1 Å². The highest BCUT2D eigenvalue weighted by molar-refractivity contribution is 7.09. The van der Waals surface area contributed by atoms with Gasteiger partial charge >= 0.3 is 0 Å². The van der Waals surface area contributed by atoms with Gasteiger partial charge in [-0.3, -0.25) is 14.3 Å². The van der Waals surface area contributed by atoms with Crippen molar-refractivity contribution in [1.29, 1.82) is 0 Å². The summed E-state index contributed by atoms with van der Waals surface area (Å²) in [5.41, 5.74) is 1.28. The summed E-state index contributed by atoms with van der Waals surface area (Å²) < 4.78 is 1.87. The molecule has 1 fully saturated rings. The Morgan fingerprint density at radius 1 is 1.04 bits per heavy atom. The van der Waals surface area contributed by atoms with Crippen LogP contribution in [0.15, 0.2) is 52.6 Å². The zero-order chi connectivity index (χ0) is 17.6. The van der Waals surface area contributed by atoms with Crippen LogP contribution in [0.2, 0.25) is 0 Å². The van der Waals surface area contributed by atoms with Crippen LogP contribution in [0.25, 0.3) is 11.3 Å². The fourth-order valence-corrected chi connectivity index (χ4v) is 5.08. The molecule has 4 heterocycles. The first-order valence-electron chi connectivity index (χ1n) is 9.03. The maximum atomic E-state index is 13.0. The van der Waals surface area contributed by atoms with Crippen molar-refractivity contribution >= 4 is 11.3 Å². The van der Waals surface area contributed by atoms with Crippen LogP contribution in [0.4, 0.5) is 0 Å². The molecule has 0 amide bonds. The van der Waals surface area contributed by atoms with Crippen molar-refractivity contribution in [2.45, 2.75) is 31.3 Å². The van der Waals surface area contributed by atoms with Gasteiger partial charge in [0.05, 0.1) is 0 Å². The van der Waals surface area contributed by atoms with E-state index in [9.17, 15) is 4.79 Å². The molecule has 5 rings (SSSR count). The normalized spacial score (nSPS) is 22.2. The second-order valence-corrected chi connectivity index (χ2v) is 8.30. The van der Waals surface area contributed by atoms with Gasteiger partial charge in [-0.1, -0.05) is 36.4 Å². The predicted molar refractivity (Wildman–Crippen MR) is 102 cm³/mol. The molecule has 1 aromatic carbocycles. The van der Waals surface area contributed by atoms with E-state index in [4.69, 9.17) is 0 Å². The number of likely N-dealkylation sites (tertiary alicyclic amines) is 1. The Labute approximate surface area is 155 Å². The van der Waals surface area contributed by atoms with Crippen molar-refractivity contribution < 1.29 is 0 Å². The monoisotopic (exact) mass is 364 g/mol. The van der Waals surface area contributed by atoms with Crippen molar-refractivity contribution in [3.63, 3.8) is 0 Å². The first-order valence-corrected chi connectivity index (χ1v) is 9.91. The number of hydrogen-bond donors (Lipinski definition) is 0. The molecule has 5 nitrogen and oxygen atoms in total. The van der Waals surface area contributed by atoms with Gasteiger partial charge in [-0.25, -0.2) is 0 Å². The first-order chi connectivity index (χ1) is 12.8. The van der Waals surface area contributed by atoms with Crippen LogP contribution in [-0.4, -0.2) is 32.8 Å². The van der Waals surface area contributed by atoms with Crippen LogP contribution < -0.4 is 5.56 Å². The molecular weight excluding hydrogens is 344 g/mol. The van der Waals surface area contributed by atoms with Gasteiger partial charge in [0.1, 0.15) is 5.82 Å². The van der Waals surface area contributed by atoms with E-state index < -0.39 is 0 Å². The van der Waals surface area contributed by atoms with Gasteiger partial charge in [0, 0.05) is 35.5 Å². The second kappa shape index (κ2) is 6.14. The molecule has 1 spiro atoms. The quantitative estimate of drug-likeness (QED) is 0.717. The second-order valence-electron chi connectivity index (χ2n) is 7.27. The molecule has 0 radical (unpaired) electrons. The fraction of sp³-hybridized carbons (Fsp3) is 0.350. The lowest BCUT2D eigenvalue weighted by Crippen LogP contribution is -2.33. The smallest absolute Gasteiger partial charge is 0.280 e. The Balaban J connectivity index is 1.46. The molecule has 2 aromatic heterocycles. The summed E-state index contributed by atoms with van der Waals surface area (Å²) in [5.74, 6) is 0.885. The summed E-state index contributed by atoms with van der Waals surface area (Å²) in [4.78, 5) is 16.9. The number of benzene rings is 1. The first kappa shape index (κ1) is 15.9. The summed E-state index contributed by atoms with van der Waals surface area (Å²) in [7, 11) is 0. The van der Waals surface area contributed by atoms with Crippen LogP contribution in [0.3, 0.4) is 0 Å². The summed E-state index contributed by atoms with van der Waals surface area (Å²) in [6.07, 6.45) is 2.04. The van der Waals surface area contributed by atoms with Gasteiger partial charge in [0.15, 0.2) is 5.69 Å². The Kier molecular flexibility index (Phi) is 3.76. The summed E-state index contributed by atoms with van der Waals surface area (Å²) in [6, 6.07) is 13.9. The van der Waals surface area contributed by atoms with E-state index in [2.05, 4.69) is 32.6 Å². The minimum atomic E-state index is -0.0152. The highest BCUT2D eigenvalue weighted by Crippen LogP contribution is 2.41. The van der Waals surface area contributed by atoms with E-state index in [-0.39, 0.29) is 11.0 Å². The molecule has 2 aliphatic heterocycles. The van der Waals surface area contributed by atoms with Crippen LogP contribution >= 0.6 is 11.3 Å². The zero-order valence-corrected chi connectivity index (χ0v) is 15.3. The lowest BCUT2D eigenvalue weighted by Gasteiger charge is -2.22. The third kappa shape index (κ3) is 2.52. The topological polar surface area (TPSA) is 51.0 Å². The van der Waals surface area contributed by atoms with Crippen molar-refractivity contribution in [2.24, 2.45) is 0 Å². The van der Waals surface area contributed by atoms with E-state index in [1.165, 1.54) is 4.88 Å². The van der Waals surface area contributed by atoms with Gasteiger partial charge in [0.25, 0.3) is 5.56 Å². The number of nitrogens with zero attached hydrogens (tertiary/aromatic N) is 4. The molecular formula is C20H20N4OS. The van der Waals surface area contributed by atoms with E-state index >= 15 is 0 Å². The average molecular weight is 364 g/mol. The van der Waals surface area contributed by atoms with Crippen LogP contribution in [0, 0.1) is 0 Å².